The number of rotatable bonds is 4. The molecular weight excluding hydrogens is 224 g/mol. The Morgan fingerprint density at radius 3 is 2.56 bits per heavy atom. The smallest absolute Gasteiger partial charge is 0.0886 e. The van der Waals surface area contributed by atoms with Gasteiger partial charge in [-0.25, -0.2) is 4.68 Å². The van der Waals surface area contributed by atoms with Gasteiger partial charge < -0.3 is 5.11 Å². The summed E-state index contributed by atoms with van der Waals surface area (Å²) in [7, 11) is 0. The van der Waals surface area contributed by atoms with Crippen molar-refractivity contribution in [3.8, 4) is 5.69 Å². The summed E-state index contributed by atoms with van der Waals surface area (Å²) in [5.74, 6) is 0.628. The van der Waals surface area contributed by atoms with Gasteiger partial charge in [0.2, 0.25) is 0 Å². The minimum absolute atomic E-state index is 0.0137. The van der Waals surface area contributed by atoms with Crippen molar-refractivity contribution in [2.75, 3.05) is 0 Å². The Morgan fingerprint density at radius 1 is 1.28 bits per heavy atom. The van der Waals surface area contributed by atoms with Gasteiger partial charge in [0.15, 0.2) is 0 Å². The lowest BCUT2D eigenvalue weighted by atomic mass is 10.1. The zero-order valence-electron chi connectivity index (χ0n) is 10.6. The highest BCUT2D eigenvalue weighted by Crippen LogP contribution is 2.41. The van der Waals surface area contributed by atoms with Gasteiger partial charge in [-0.2, -0.15) is 5.10 Å². The van der Waals surface area contributed by atoms with Crippen LogP contribution in [0, 0.1) is 0 Å². The molecule has 0 saturated heterocycles. The van der Waals surface area contributed by atoms with Crippen molar-refractivity contribution < 1.29 is 5.11 Å². The second-order valence-corrected chi connectivity index (χ2v) is 4.92. The molecule has 3 rings (SSSR count). The van der Waals surface area contributed by atoms with Crippen LogP contribution in [0.2, 0.25) is 0 Å². The number of nitrogens with zero attached hydrogens (tertiary/aromatic N) is 2. The first-order valence-corrected chi connectivity index (χ1v) is 6.61. The fraction of sp³-hybridized carbons (Fsp3) is 0.400. The summed E-state index contributed by atoms with van der Waals surface area (Å²) >= 11 is 0. The predicted octanol–water partition coefficient (Wildman–Crippen LogP) is 2.80. The summed E-state index contributed by atoms with van der Waals surface area (Å²) in [5, 5.41) is 13.7. The Balaban J connectivity index is 2.00. The average Bonchev–Trinajstić information content (AvgIpc) is 3.18. The van der Waals surface area contributed by atoms with Crippen LogP contribution < -0.4 is 0 Å². The number of aliphatic hydroxyl groups excluding tert-OH is 1. The van der Waals surface area contributed by atoms with Gasteiger partial charge in [-0.3, -0.25) is 0 Å². The molecule has 1 aliphatic carbocycles. The molecule has 1 heterocycles. The molecule has 1 aromatic carbocycles. The molecule has 0 radical (unpaired) electrons. The third-order valence-electron chi connectivity index (χ3n) is 3.53. The molecule has 0 aliphatic heterocycles. The summed E-state index contributed by atoms with van der Waals surface area (Å²) in [5.41, 5.74) is 4.43. The van der Waals surface area contributed by atoms with Crippen LogP contribution in [-0.4, -0.2) is 14.9 Å². The molecule has 1 aromatic heterocycles. The number of hydrogen-bond acceptors (Lipinski definition) is 2. The lowest BCUT2D eigenvalue weighted by Crippen LogP contribution is -2.01. The molecule has 0 atom stereocenters. The maximum Gasteiger partial charge on any atom is 0.0886 e. The Labute approximate surface area is 107 Å². The number of aromatic nitrogens is 2. The van der Waals surface area contributed by atoms with Crippen molar-refractivity contribution in [2.24, 2.45) is 0 Å². The van der Waals surface area contributed by atoms with E-state index in [1.54, 1.807) is 0 Å². The summed E-state index contributed by atoms with van der Waals surface area (Å²) in [6.07, 6.45) is 3.53. The van der Waals surface area contributed by atoms with Gasteiger partial charge >= 0.3 is 0 Å². The van der Waals surface area contributed by atoms with Crippen LogP contribution in [0.5, 0.6) is 0 Å². The fourth-order valence-corrected chi connectivity index (χ4v) is 2.27. The van der Waals surface area contributed by atoms with E-state index in [2.05, 4.69) is 36.3 Å². The topological polar surface area (TPSA) is 38.0 Å². The first-order valence-electron chi connectivity index (χ1n) is 6.61. The monoisotopic (exact) mass is 242 g/mol. The van der Waals surface area contributed by atoms with Crippen LogP contribution >= 0.6 is 0 Å². The van der Waals surface area contributed by atoms with E-state index in [1.165, 1.54) is 24.1 Å². The van der Waals surface area contributed by atoms with Gasteiger partial charge in [0.05, 0.1) is 18.0 Å². The number of aryl methyl sites for hydroxylation is 1. The van der Waals surface area contributed by atoms with E-state index in [0.717, 1.165) is 17.8 Å². The summed E-state index contributed by atoms with van der Waals surface area (Å²) < 4.78 is 1.99. The zero-order valence-corrected chi connectivity index (χ0v) is 10.6. The molecule has 0 bridgehead atoms. The SMILES string of the molecule is CCc1ccc(-n2nc(CO)cc2C2CC2)cc1. The molecule has 3 nitrogen and oxygen atoms in total. The van der Waals surface area contributed by atoms with Crippen molar-refractivity contribution >= 4 is 0 Å². The summed E-state index contributed by atoms with van der Waals surface area (Å²) in [6.45, 7) is 2.17. The highest BCUT2D eigenvalue weighted by atomic mass is 16.3. The van der Waals surface area contributed by atoms with Gasteiger partial charge in [0, 0.05) is 11.6 Å². The Morgan fingerprint density at radius 2 is 2.00 bits per heavy atom. The second kappa shape index (κ2) is 4.58. The van der Waals surface area contributed by atoms with Crippen LogP contribution in [-0.2, 0) is 13.0 Å². The summed E-state index contributed by atoms with van der Waals surface area (Å²) in [4.78, 5) is 0. The minimum Gasteiger partial charge on any atom is -0.390 e. The van der Waals surface area contributed by atoms with Crippen molar-refractivity contribution in [3.05, 3.63) is 47.3 Å². The molecule has 1 saturated carbocycles. The third-order valence-corrected chi connectivity index (χ3v) is 3.53. The van der Waals surface area contributed by atoms with E-state index in [1.807, 2.05) is 10.7 Å². The van der Waals surface area contributed by atoms with E-state index in [-0.39, 0.29) is 6.61 Å². The molecule has 2 aromatic rings. The van der Waals surface area contributed by atoms with E-state index < -0.39 is 0 Å². The molecular formula is C15H18N2O. The van der Waals surface area contributed by atoms with Crippen LogP contribution in [0.1, 0.15) is 42.6 Å². The third kappa shape index (κ3) is 2.06. The lowest BCUT2D eigenvalue weighted by Gasteiger charge is -2.07. The van der Waals surface area contributed by atoms with Gasteiger partial charge in [-0.15, -0.1) is 0 Å². The molecule has 18 heavy (non-hydrogen) atoms. The van der Waals surface area contributed by atoms with Crippen molar-refractivity contribution in [2.45, 2.75) is 38.7 Å². The number of benzene rings is 1. The normalized spacial score (nSPS) is 15.0. The Hall–Kier alpha value is -1.61. The largest absolute Gasteiger partial charge is 0.390 e. The van der Waals surface area contributed by atoms with E-state index in [0.29, 0.717) is 5.92 Å². The second-order valence-electron chi connectivity index (χ2n) is 4.92. The quantitative estimate of drug-likeness (QED) is 0.895. The van der Waals surface area contributed by atoms with E-state index in [9.17, 15) is 5.11 Å². The zero-order chi connectivity index (χ0) is 12.5. The molecule has 1 fully saturated rings. The first kappa shape index (κ1) is 11.5. The van der Waals surface area contributed by atoms with Gasteiger partial charge in [-0.1, -0.05) is 19.1 Å². The van der Waals surface area contributed by atoms with Crippen LogP contribution in [0.4, 0.5) is 0 Å². The standard InChI is InChI=1S/C15H18N2O/c1-2-11-3-7-14(8-4-11)17-15(12-5-6-12)9-13(10-18)16-17/h3-4,7-9,12,18H,2,5-6,10H2,1H3. The van der Waals surface area contributed by atoms with E-state index in [4.69, 9.17) is 0 Å². The molecule has 0 unspecified atom stereocenters. The highest BCUT2D eigenvalue weighted by Gasteiger charge is 2.28. The van der Waals surface area contributed by atoms with Crippen molar-refractivity contribution in [1.82, 2.24) is 9.78 Å². The molecule has 94 valence electrons. The summed E-state index contributed by atoms with van der Waals surface area (Å²) in [6, 6.07) is 10.5. The maximum absolute atomic E-state index is 9.23. The van der Waals surface area contributed by atoms with Gasteiger partial charge in [-0.05, 0) is 43.0 Å². The van der Waals surface area contributed by atoms with Crippen molar-refractivity contribution in [3.63, 3.8) is 0 Å². The number of aliphatic hydroxyl groups is 1. The molecule has 0 spiro atoms. The highest BCUT2D eigenvalue weighted by molar-refractivity contribution is 5.37. The Kier molecular flexibility index (Phi) is 2.92. The van der Waals surface area contributed by atoms with Crippen LogP contribution in [0.25, 0.3) is 5.69 Å². The van der Waals surface area contributed by atoms with E-state index >= 15 is 0 Å². The van der Waals surface area contributed by atoms with Gasteiger partial charge in [0.25, 0.3) is 0 Å². The first-order chi connectivity index (χ1) is 8.81. The fourth-order valence-electron chi connectivity index (χ4n) is 2.27. The molecule has 0 amide bonds. The van der Waals surface area contributed by atoms with Crippen molar-refractivity contribution in [1.29, 1.82) is 0 Å². The minimum atomic E-state index is 0.0137. The Bertz CT molecular complexity index is 538. The predicted molar refractivity (Wildman–Crippen MR) is 70.8 cm³/mol. The molecule has 3 heteroatoms. The maximum atomic E-state index is 9.23. The molecule has 1 N–H and O–H groups in total. The van der Waals surface area contributed by atoms with Crippen LogP contribution in [0.3, 0.4) is 0 Å². The van der Waals surface area contributed by atoms with Gasteiger partial charge in [0.1, 0.15) is 0 Å². The number of hydrogen-bond donors (Lipinski definition) is 1. The lowest BCUT2D eigenvalue weighted by molar-refractivity contribution is 0.276. The molecule has 1 aliphatic rings. The average molecular weight is 242 g/mol. The van der Waals surface area contributed by atoms with Crippen LogP contribution in [0.15, 0.2) is 30.3 Å².